The Morgan fingerprint density at radius 3 is 2.81 bits per heavy atom. The molecule has 6 heteroatoms. The average Bonchev–Trinajstić information content (AvgIpc) is 3.05. The minimum absolute atomic E-state index is 0.466. The molecule has 0 bridgehead atoms. The molecule has 6 nitrogen and oxygen atoms in total. The number of nitrogens with zero attached hydrogens (tertiary/aromatic N) is 4. The van der Waals surface area contributed by atoms with Gasteiger partial charge in [0.1, 0.15) is 6.33 Å². The van der Waals surface area contributed by atoms with E-state index in [9.17, 15) is 0 Å². The maximum atomic E-state index is 5.48. The van der Waals surface area contributed by atoms with Crippen molar-refractivity contribution in [2.75, 3.05) is 0 Å². The fourth-order valence-electron chi connectivity index (χ4n) is 1.37. The van der Waals surface area contributed by atoms with Crippen LogP contribution in [-0.2, 0) is 6.54 Å². The standard InChI is InChI=1S/C10H11N5O/c1-2-8(1)13-5-9-14-15-10(16-9)7-3-11-6-12-4-7/h3-4,6,8,13H,1-2,5H2. The highest BCUT2D eigenvalue weighted by molar-refractivity contribution is 5.48. The van der Waals surface area contributed by atoms with Crippen molar-refractivity contribution < 1.29 is 4.42 Å². The van der Waals surface area contributed by atoms with E-state index in [0.717, 1.165) is 5.56 Å². The lowest BCUT2D eigenvalue weighted by atomic mass is 10.3. The van der Waals surface area contributed by atoms with Gasteiger partial charge in [0.05, 0.1) is 12.1 Å². The molecule has 3 rings (SSSR count). The zero-order valence-electron chi connectivity index (χ0n) is 8.63. The van der Waals surface area contributed by atoms with Gasteiger partial charge in [-0.25, -0.2) is 9.97 Å². The first-order chi connectivity index (χ1) is 7.92. The molecule has 0 atom stereocenters. The third-order valence-corrected chi connectivity index (χ3v) is 2.39. The maximum Gasteiger partial charge on any atom is 0.250 e. The van der Waals surface area contributed by atoms with E-state index in [0.29, 0.717) is 24.4 Å². The topological polar surface area (TPSA) is 76.7 Å². The molecule has 16 heavy (non-hydrogen) atoms. The van der Waals surface area contributed by atoms with Gasteiger partial charge in [0.15, 0.2) is 0 Å². The van der Waals surface area contributed by atoms with E-state index in [4.69, 9.17) is 4.42 Å². The van der Waals surface area contributed by atoms with Crippen molar-refractivity contribution in [2.45, 2.75) is 25.4 Å². The van der Waals surface area contributed by atoms with Crippen LogP contribution in [0.15, 0.2) is 23.1 Å². The first kappa shape index (κ1) is 9.41. The highest BCUT2D eigenvalue weighted by atomic mass is 16.4. The monoisotopic (exact) mass is 217 g/mol. The smallest absolute Gasteiger partial charge is 0.250 e. The largest absolute Gasteiger partial charge is 0.419 e. The third-order valence-electron chi connectivity index (χ3n) is 2.39. The Kier molecular flexibility index (Phi) is 2.34. The fourth-order valence-corrected chi connectivity index (χ4v) is 1.37. The Balaban J connectivity index is 1.71. The van der Waals surface area contributed by atoms with Crippen LogP contribution in [0, 0.1) is 0 Å². The summed E-state index contributed by atoms with van der Waals surface area (Å²) < 4.78 is 5.48. The normalized spacial score (nSPS) is 15.2. The molecule has 1 aliphatic rings. The number of nitrogens with one attached hydrogen (secondary N) is 1. The molecular formula is C10H11N5O. The van der Waals surface area contributed by atoms with Crippen LogP contribution in [0.3, 0.4) is 0 Å². The molecule has 2 heterocycles. The summed E-state index contributed by atoms with van der Waals surface area (Å²) in [5.74, 6) is 1.07. The van der Waals surface area contributed by atoms with Crippen molar-refractivity contribution >= 4 is 0 Å². The number of hydrogen-bond acceptors (Lipinski definition) is 6. The number of rotatable bonds is 4. The maximum absolute atomic E-state index is 5.48. The molecule has 0 spiro atoms. The van der Waals surface area contributed by atoms with E-state index >= 15 is 0 Å². The molecule has 1 fully saturated rings. The molecule has 0 aliphatic heterocycles. The van der Waals surface area contributed by atoms with Gasteiger partial charge in [-0.3, -0.25) is 0 Å². The molecule has 0 aromatic carbocycles. The molecule has 0 radical (unpaired) electrons. The van der Waals surface area contributed by atoms with Crippen LogP contribution in [0.25, 0.3) is 11.5 Å². The lowest BCUT2D eigenvalue weighted by molar-refractivity contribution is 0.476. The summed E-state index contributed by atoms with van der Waals surface area (Å²) in [4.78, 5) is 7.80. The fraction of sp³-hybridized carbons (Fsp3) is 0.400. The number of aromatic nitrogens is 4. The highest BCUT2D eigenvalue weighted by Gasteiger charge is 2.21. The van der Waals surface area contributed by atoms with E-state index in [1.165, 1.54) is 19.2 Å². The van der Waals surface area contributed by atoms with Gasteiger partial charge in [0, 0.05) is 18.4 Å². The van der Waals surface area contributed by atoms with Crippen molar-refractivity contribution in [3.8, 4) is 11.5 Å². The van der Waals surface area contributed by atoms with Crippen LogP contribution >= 0.6 is 0 Å². The van der Waals surface area contributed by atoms with E-state index in [2.05, 4.69) is 25.5 Å². The van der Waals surface area contributed by atoms with Gasteiger partial charge in [-0.05, 0) is 12.8 Å². The second-order valence-corrected chi connectivity index (χ2v) is 3.78. The van der Waals surface area contributed by atoms with E-state index in [1.807, 2.05) is 0 Å². The van der Waals surface area contributed by atoms with E-state index < -0.39 is 0 Å². The van der Waals surface area contributed by atoms with Gasteiger partial charge in [0.25, 0.3) is 5.89 Å². The Morgan fingerprint density at radius 1 is 1.25 bits per heavy atom. The lowest BCUT2D eigenvalue weighted by Crippen LogP contribution is -2.15. The van der Waals surface area contributed by atoms with Gasteiger partial charge in [0.2, 0.25) is 5.89 Å². The number of hydrogen-bond donors (Lipinski definition) is 1. The summed E-state index contributed by atoms with van der Waals surface area (Å²) in [6.07, 6.45) is 7.26. The van der Waals surface area contributed by atoms with E-state index in [-0.39, 0.29) is 0 Å². The first-order valence-electron chi connectivity index (χ1n) is 5.23. The molecule has 0 amide bonds. The van der Waals surface area contributed by atoms with E-state index in [1.54, 1.807) is 12.4 Å². The summed E-state index contributed by atoms with van der Waals surface area (Å²) in [5, 5.41) is 11.2. The summed E-state index contributed by atoms with van der Waals surface area (Å²) in [5.41, 5.74) is 0.743. The Labute approximate surface area is 92.1 Å². The lowest BCUT2D eigenvalue weighted by Gasteiger charge is -1.95. The van der Waals surface area contributed by atoms with Crippen LogP contribution in [0.2, 0.25) is 0 Å². The predicted molar refractivity (Wildman–Crippen MR) is 55.2 cm³/mol. The van der Waals surface area contributed by atoms with Gasteiger partial charge in [-0.15, -0.1) is 10.2 Å². The Bertz CT molecular complexity index is 465. The van der Waals surface area contributed by atoms with Gasteiger partial charge >= 0.3 is 0 Å². The zero-order chi connectivity index (χ0) is 10.8. The van der Waals surface area contributed by atoms with Crippen molar-refractivity contribution in [3.05, 3.63) is 24.6 Å². The molecule has 1 aliphatic carbocycles. The van der Waals surface area contributed by atoms with Crippen LogP contribution in [0.1, 0.15) is 18.7 Å². The minimum atomic E-state index is 0.466. The van der Waals surface area contributed by atoms with Gasteiger partial charge in [-0.2, -0.15) is 0 Å². The highest BCUT2D eigenvalue weighted by Crippen LogP contribution is 2.20. The Morgan fingerprint density at radius 2 is 2.06 bits per heavy atom. The van der Waals surface area contributed by atoms with Crippen molar-refractivity contribution in [2.24, 2.45) is 0 Å². The minimum Gasteiger partial charge on any atom is -0.419 e. The first-order valence-corrected chi connectivity index (χ1v) is 5.23. The second-order valence-electron chi connectivity index (χ2n) is 3.78. The van der Waals surface area contributed by atoms with Crippen LogP contribution in [-0.4, -0.2) is 26.2 Å². The quantitative estimate of drug-likeness (QED) is 0.815. The van der Waals surface area contributed by atoms with Crippen molar-refractivity contribution in [1.82, 2.24) is 25.5 Å². The van der Waals surface area contributed by atoms with Crippen LogP contribution in [0.4, 0.5) is 0 Å². The zero-order valence-corrected chi connectivity index (χ0v) is 8.63. The second kappa shape index (κ2) is 3.97. The average molecular weight is 217 g/mol. The van der Waals surface area contributed by atoms with Crippen molar-refractivity contribution in [3.63, 3.8) is 0 Å². The molecule has 0 unspecified atom stereocenters. The van der Waals surface area contributed by atoms with Crippen LogP contribution in [0.5, 0.6) is 0 Å². The summed E-state index contributed by atoms with van der Waals surface area (Å²) in [6.45, 7) is 0.630. The molecule has 0 saturated heterocycles. The third kappa shape index (κ3) is 2.06. The molecular weight excluding hydrogens is 206 g/mol. The SMILES string of the molecule is c1ncc(-c2nnc(CNC3CC3)o2)cn1. The molecule has 1 N–H and O–H groups in total. The molecule has 1 saturated carbocycles. The van der Waals surface area contributed by atoms with Gasteiger partial charge in [-0.1, -0.05) is 0 Å². The molecule has 82 valence electrons. The van der Waals surface area contributed by atoms with Gasteiger partial charge < -0.3 is 9.73 Å². The molecule has 2 aromatic heterocycles. The van der Waals surface area contributed by atoms with Crippen molar-refractivity contribution in [1.29, 1.82) is 0 Å². The predicted octanol–water partition coefficient (Wildman–Crippen LogP) is 0.779. The summed E-state index contributed by atoms with van der Waals surface area (Å²) in [6, 6.07) is 0.635. The summed E-state index contributed by atoms with van der Waals surface area (Å²) >= 11 is 0. The van der Waals surface area contributed by atoms with Crippen LogP contribution < -0.4 is 5.32 Å². The Hall–Kier alpha value is -1.82. The summed E-state index contributed by atoms with van der Waals surface area (Å²) in [7, 11) is 0. The molecule has 2 aromatic rings.